The summed E-state index contributed by atoms with van der Waals surface area (Å²) in [6, 6.07) is 23.8. The van der Waals surface area contributed by atoms with E-state index >= 15 is 0 Å². The van der Waals surface area contributed by atoms with Gasteiger partial charge in [-0.25, -0.2) is 4.98 Å². The van der Waals surface area contributed by atoms with Crippen molar-refractivity contribution in [1.82, 2.24) is 10.3 Å². The number of carbonyl (C=O) groups excluding carboxylic acids is 1. The van der Waals surface area contributed by atoms with Gasteiger partial charge < -0.3 is 5.32 Å². The molecule has 2 aromatic heterocycles. The van der Waals surface area contributed by atoms with Crippen LogP contribution in [0, 0.1) is 0 Å². The molecule has 0 saturated heterocycles. The number of rotatable bonds is 6. The van der Waals surface area contributed by atoms with Crippen LogP contribution in [0.3, 0.4) is 0 Å². The number of aromatic nitrogens is 1. The zero-order valence-corrected chi connectivity index (χ0v) is 17.6. The van der Waals surface area contributed by atoms with Crippen molar-refractivity contribution in [1.29, 1.82) is 0 Å². The lowest BCUT2D eigenvalue weighted by atomic mass is 10.0. The van der Waals surface area contributed by atoms with Crippen LogP contribution in [0.25, 0.3) is 21.5 Å². The van der Waals surface area contributed by atoms with Gasteiger partial charge in [0, 0.05) is 11.4 Å². The maximum Gasteiger partial charge on any atom is 0.252 e. The molecule has 0 aliphatic carbocycles. The number of nitrogens with one attached hydrogen (secondary N) is 1. The summed E-state index contributed by atoms with van der Waals surface area (Å²) >= 11 is 7.56. The second-order valence-electron chi connectivity index (χ2n) is 7.07. The highest BCUT2D eigenvalue weighted by Crippen LogP contribution is 2.32. The first-order valence-electron chi connectivity index (χ1n) is 9.60. The standard InChI is InChI=1S/C24H21ClN2OS/c1-16(11-12-17-7-3-2-4-8-17)26-24(28)19-15-21(22-13-14-23(25)29-22)27-20-10-6-5-9-18(19)20/h2-10,13-16H,11-12H2,1H3,(H,26,28). The summed E-state index contributed by atoms with van der Waals surface area (Å²) in [5.41, 5.74) is 3.49. The second-order valence-corrected chi connectivity index (χ2v) is 8.79. The van der Waals surface area contributed by atoms with E-state index in [0.717, 1.165) is 34.3 Å². The van der Waals surface area contributed by atoms with Crippen molar-refractivity contribution < 1.29 is 4.79 Å². The minimum Gasteiger partial charge on any atom is -0.350 e. The number of benzene rings is 2. The van der Waals surface area contributed by atoms with Crippen molar-refractivity contribution >= 4 is 39.7 Å². The summed E-state index contributed by atoms with van der Waals surface area (Å²) in [4.78, 5) is 18.8. The van der Waals surface area contributed by atoms with Crippen LogP contribution in [0.1, 0.15) is 29.3 Å². The highest BCUT2D eigenvalue weighted by Gasteiger charge is 2.16. The molecule has 29 heavy (non-hydrogen) atoms. The lowest BCUT2D eigenvalue weighted by Crippen LogP contribution is -2.33. The van der Waals surface area contributed by atoms with Crippen molar-refractivity contribution in [3.05, 3.63) is 88.3 Å². The smallest absolute Gasteiger partial charge is 0.252 e. The monoisotopic (exact) mass is 420 g/mol. The molecule has 0 fully saturated rings. The van der Waals surface area contributed by atoms with Gasteiger partial charge in [-0.15, -0.1) is 11.3 Å². The molecule has 0 saturated carbocycles. The van der Waals surface area contributed by atoms with Crippen molar-refractivity contribution in [2.24, 2.45) is 0 Å². The molecule has 0 spiro atoms. The average molecular weight is 421 g/mol. The highest BCUT2D eigenvalue weighted by atomic mass is 35.5. The van der Waals surface area contributed by atoms with E-state index in [1.807, 2.05) is 67.6 Å². The molecule has 1 atom stereocenters. The minimum absolute atomic E-state index is 0.0641. The zero-order valence-electron chi connectivity index (χ0n) is 16.1. The molecule has 3 nitrogen and oxygen atoms in total. The van der Waals surface area contributed by atoms with Gasteiger partial charge in [0.25, 0.3) is 5.91 Å². The molecule has 0 bridgehead atoms. The molecule has 4 aromatic rings. The summed E-state index contributed by atoms with van der Waals surface area (Å²) in [5, 5.41) is 4.01. The lowest BCUT2D eigenvalue weighted by Gasteiger charge is -2.15. The Morgan fingerprint density at radius 1 is 1.07 bits per heavy atom. The predicted octanol–water partition coefficient (Wildman–Crippen LogP) is 6.37. The minimum atomic E-state index is -0.0759. The number of aryl methyl sites for hydroxylation is 1. The number of hydrogen-bond acceptors (Lipinski definition) is 3. The van der Waals surface area contributed by atoms with Gasteiger partial charge in [-0.2, -0.15) is 0 Å². The van der Waals surface area contributed by atoms with Crippen molar-refractivity contribution in [3.8, 4) is 10.6 Å². The number of thiophene rings is 1. The Hall–Kier alpha value is -2.69. The fraction of sp³-hybridized carbons (Fsp3) is 0.167. The largest absolute Gasteiger partial charge is 0.350 e. The van der Waals surface area contributed by atoms with Crippen LogP contribution in [0.4, 0.5) is 0 Å². The quantitative estimate of drug-likeness (QED) is 0.394. The van der Waals surface area contributed by atoms with Crippen LogP contribution in [-0.4, -0.2) is 16.9 Å². The molecule has 2 aromatic carbocycles. The van der Waals surface area contributed by atoms with E-state index in [1.54, 1.807) is 0 Å². The van der Waals surface area contributed by atoms with Gasteiger partial charge >= 0.3 is 0 Å². The summed E-state index contributed by atoms with van der Waals surface area (Å²) in [6.07, 6.45) is 1.81. The van der Waals surface area contributed by atoms with Crippen LogP contribution in [0.2, 0.25) is 4.34 Å². The Bertz CT molecular complexity index is 1140. The number of halogens is 1. The van der Waals surface area contributed by atoms with E-state index in [0.29, 0.717) is 9.90 Å². The van der Waals surface area contributed by atoms with Crippen molar-refractivity contribution in [3.63, 3.8) is 0 Å². The van der Waals surface area contributed by atoms with Gasteiger partial charge in [0.1, 0.15) is 0 Å². The van der Waals surface area contributed by atoms with Crippen LogP contribution >= 0.6 is 22.9 Å². The molecule has 1 unspecified atom stereocenters. The number of nitrogens with zero attached hydrogens (tertiary/aromatic N) is 1. The van der Waals surface area contributed by atoms with Crippen LogP contribution < -0.4 is 5.32 Å². The van der Waals surface area contributed by atoms with Crippen molar-refractivity contribution in [2.45, 2.75) is 25.8 Å². The summed E-state index contributed by atoms with van der Waals surface area (Å²) in [7, 11) is 0. The predicted molar refractivity (Wildman–Crippen MR) is 122 cm³/mol. The molecule has 0 aliphatic heterocycles. The first kappa shape index (κ1) is 19.6. The van der Waals surface area contributed by atoms with E-state index in [4.69, 9.17) is 16.6 Å². The molecule has 0 aliphatic rings. The number of para-hydroxylation sites is 1. The average Bonchev–Trinajstić information content (AvgIpc) is 3.18. The lowest BCUT2D eigenvalue weighted by molar-refractivity contribution is 0.0940. The molecule has 4 rings (SSSR count). The van der Waals surface area contributed by atoms with Gasteiger partial charge in [0.2, 0.25) is 0 Å². The third-order valence-corrected chi connectivity index (χ3v) is 6.13. The summed E-state index contributed by atoms with van der Waals surface area (Å²) < 4.78 is 0.704. The van der Waals surface area contributed by atoms with E-state index < -0.39 is 0 Å². The highest BCUT2D eigenvalue weighted by molar-refractivity contribution is 7.19. The molecule has 146 valence electrons. The van der Waals surface area contributed by atoms with Crippen LogP contribution in [0.15, 0.2) is 72.8 Å². The SMILES string of the molecule is CC(CCc1ccccc1)NC(=O)c1cc(-c2ccc(Cl)s2)nc2ccccc12. The fourth-order valence-electron chi connectivity index (χ4n) is 3.34. The number of carbonyl (C=O) groups is 1. The summed E-state index contributed by atoms with van der Waals surface area (Å²) in [6.45, 7) is 2.05. The Morgan fingerprint density at radius 3 is 2.59 bits per heavy atom. The molecule has 2 heterocycles. The first-order chi connectivity index (χ1) is 14.1. The van der Waals surface area contributed by atoms with Gasteiger partial charge in [0.15, 0.2) is 0 Å². The molecule has 1 amide bonds. The fourth-order valence-corrected chi connectivity index (χ4v) is 4.35. The van der Waals surface area contributed by atoms with Gasteiger partial charge in [-0.05, 0) is 49.6 Å². The maximum absolute atomic E-state index is 13.1. The number of pyridine rings is 1. The van der Waals surface area contributed by atoms with Gasteiger partial charge in [-0.1, -0.05) is 60.1 Å². The number of amides is 1. The van der Waals surface area contributed by atoms with E-state index in [-0.39, 0.29) is 11.9 Å². The molecule has 0 radical (unpaired) electrons. The molecular formula is C24H21ClN2OS. The molecule has 5 heteroatoms. The Balaban J connectivity index is 1.57. The van der Waals surface area contributed by atoms with Crippen molar-refractivity contribution in [2.75, 3.05) is 0 Å². The third kappa shape index (κ3) is 4.66. The normalized spacial score (nSPS) is 12.1. The van der Waals surface area contributed by atoms with E-state index in [2.05, 4.69) is 17.4 Å². The Kier molecular flexibility index (Phi) is 5.93. The zero-order chi connectivity index (χ0) is 20.2. The van der Waals surface area contributed by atoms with Gasteiger partial charge in [0.05, 0.1) is 26.0 Å². The molecule has 1 N–H and O–H groups in total. The van der Waals surface area contributed by atoms with Crippen LogP contribution in [0.5, 0.6) is 0 Å². The molecular weight excluding hydrogens is 400 g/mol. The van der Waals surface area contributed by atoms with E-state index in [1.165, 1.54) is 16.9 Å². The second kappa shape index (κ2) is 8.76. The topological polar surface area (TPSA) is 42.0 Å². The van der Waals surface area contributed by atoms with E-state index in [9.17, 15) is 4.79 Å². The first-order valence-corrected chi connectivity index (χ1v) is 10.8. The van der Waals surface area contributed by atoms with Gasteiger partial charge in [-0.3, -0.25) is 4.79 Å². The number of fused-ring (bicyclic) bond motifs is 1. The van der Waals surface area contributed by atoms with Crippen LogP contribution in [-0.2, 0) is 6.42 Å². The Labute approximate surface area is 179 Å². The summed E-state index contributed by atoms with van der Waals surface area (Å²) in [5.74, 6) is -0.0759. The Morgan fingerprint density at radius 2 is 1.83 bits per heavy atom. The third-order valence-electron chi connectivity index (χ3n) is 4.87. The number of hydrogen-bond donors (Lipinski definition) is 1. The maximum atomic E-state index is 13.1.